The Balaban J connectivity index is 1.20. The van der Waals surface area contributed by atoms with E-state index in [1.807, 2.05) is 18.2 Å². The first-order chi connectivity index (χ1) is 14.0. The Morgan fingerprint density at radius 2 is 1.90 bits per heavy atom. The highest BCUT2D eigenvalue weighted by Crippen LogP contribution is 2.43. The maximum Gasteiger partial charge on any atom is 0.306 e. The molecule has 1 saturated carbocycles. The molecule has 2 aliphatic rings. The number of halogens is 1. The van der Waals surface area contributed by atoms with E-state index >= 15 is 0 Å². The van der Waals surface area contributed by atoms with Crippen LogP contribution in [0.1, 0.15) is 43.2 Å². The minimum atomic E-state index is -0.424. The number of carbonyl (C=O) groups is 2. The van der Waals surface area contributed by atoms with Gasteiger partial charge in [0.1, 0.15) is 17.2 Å². The van der Waals surface area contributed by atoms with Gasteiger partial charge in [-0.3, -0.25) is 9.59 Å². The smallest absolute Gasteiger partial charge is 0.306 e. The molecule has 0 aromatic heterocycles. The number of hydrogen-bond acceptors (Lipinski definition) is 4. The first kappa shape index (κ1) is 19.4. The summed E-state index contributed by atoms with van der Waals surface area (Å²) in [7, 11) is 0. The minimum Gasteiger partial charge on any atom is -0.494 e. The number of fused-ring (bicyclic) bond motifs is 1. The number of ether oxygens (including phenoxy) is 2. The van der Waals surface area contributed by atoms with Crippen molar-refractivity contribution in [3.05, 3.63) is 59.4 Å². The van der Waals surface area contributed by atoms with Crippen molar-refractivity contribution in [3.63, 3.8) is 0 Å². The SMILES string of the molecule is O=C1CCc2ccc(OCCCC(=O)OC3(Cc4ccc(F)cc4)CC3)cc2N1. The largest absolute Gasteiger partial charge is 0.494 e. The molecule has 152 valence electrons. The molecule has 2 aromatic carbocycles. The highest BCUT2D eigenvalue weighted by Gasteiger charge is 2.46. The number of hydrogen-bond donors (Lipinski definition) is 1. The quantitative estimate of drug-likeness (QED) is 0.536. The van der Waals surface area contributed by atoms with Crippen molar-refractivity contribution in [3.8, 4) is 5.75 Å². The van der Waals surface area contributed by atoms with E-state index in [-0.39, 0.29) is 24.1 Å². The maximum absolute atomic E-state index is 13.0. The molecular weight excluding hydrogens is 373 g/mol. The zero-order valence-corrected chi connectivity index (χ0v) is 16.2. The van der Waals surface area contributed by atoms with Crippen molar-refractivity contribution in [2.24, 2.45) is 0 Å². The Hall–Kier alpha value is -2.89. The van der Waals surface area contributed by atoms with Crippen LogP contribution in [0.15, 0.2) is 42.5 Å². The molecule has 29 heavy (non-hydrogen) atoms. The van der Waals surface area contributed by atoms with Gasteiger partial charge in [-0.1, -0.05) is 18.2 Å². The van der Waals surface area contributed by atoms with E-state index in [1.165, 1.54) is 12.1 Å². The van der Waals surface area contributed by atoms with E-state index in [0.29, 0.717) is 31.6 Å². The summed E-state index contributed by atoms with van der Waals surface area (Å²) in [5.41, 5.74) is 2.46. The number of amides is 1. The zero-order chi connectivity index (χ0) is 20.3. The lowest BCUT2D eigenvalue weighted by Crippen LogP contribution is -2.22. The number of nitrogens with one attached hydrogen (secondary N) is 1. The molecule has 0 unspecified atom stereocenters. The topological polar surface area (TPSA) is 64.6 Å². The van der Waals surface area contributed by atoms with Crippen LogP contribution in [0.25, 0.3) is 0 Å². The first-order valence-corrected chi connectivity index (χ1v) is 10.0. The van der Waals surface area contributed by atoms with Crippen LogP contribution in [-0.4, -0.2) is 24.1 Å². The lowest BCUT2D eigenvalue weighted by Gasteiger charge is -2.18. The molecule has 0 atom stereocenters. The maximum atomic E-state index is 13.0. The van der Waals surface area contributed by atoms with Crippen LogP contribution in [0, 0.1) is 5.82 Å². The Morgan fingerprint density at radius 1 is 1.10 bits per heavy atom. The average Bonchev–Trinajstić information content (AvgIpc) is 3.45. The van der Waals surface area contributed by atoms with Gasteiger partial charge in [-0.25, -0.2) is 4.39 Å². The van der Waals surface area contributed by atoms with E-state index in [0.717, 1.165) is 36.1 Å². The summed E-state index contributed by atoms with van der Waals surface area (Å²) in [6.07, 6.45) is 4.39. The van der Waals surface area contributed by atoms with E-state index < -0.39 is 5.60 Å². The van der Waals surface area contributed by atoms with Gasteiger partial charge in [0.15, 0.2) is 0 Å². The molecule has 0 saturated heterocycles. The van der Waals surface area contributed by atoms with Crippen LogP contribution >= 0.6 is 0 Å². The van der Waals surface area contributed by atoms with E-state index in [4.69, 9.17) is 9.47 Å². The summed E-state index contributed by atoms with van der Waals surface area (Å²) in [6, 6.07) is 12.0. The molecule has 1 aliphatic heterocycles. The lowest BCUT2D eigenvalue weighted by molar-refractivity contribution is -0.151. The molecular formula is C23H24FNO4. The molecule has 1 amide bonds. The van der Waals surface area contributed by atoms with Crippen molar-refractivity contribution in [2.75, 3.05) is 11.9 Å². The Kier molecular flexibility index (Phi) is 5.51. The Bertz CT molecular complexity index is 906. The third kappa shape index (κ3) is 5.13. The molecule has 0 bridgehead atoms. The second-order valence-corrected chi connectivity index (χ2v) is 7.78. The van der Waals surface area contributed by atoms with Gasteiger partial charge < -0.3 is 14.8 Å². The summed E-state index contributed by atoms with van der Waals surface area (Å²) in [4.78, 5) is 23.7. The van der Waals surface area contributed by atoms with Gasteiger partial charge in [-0.15, -0.1) is 0 Å². The van der Waals surface area contributed by atoms with Gasteiger partial charge in [0, 0.05) is 31.0 Å². The third-order valence-corrected chi connectivity index (χ3v) is 5.35. The van der Waals surface area contributed by atoms with Crippen LogP contribution in [0.3, 0.4) is 0 Å². The fraction of sp³-hybridized carbons (Fsp3) is 0.391. The summed E-state index contributed by atoms with van der Waals surface area (Å²) in [5, 5.41) is 2.85. The molecule has 1 N–H and O–H groups in total. The first-order valence-electron chi connectivity index (χ1n) is 10.0. The van der Waals surface area contributed by atoms with Gasteiger partial charge in [-0.05, 0) is 55.0 Å². The normalized spacial score (nSPS) is 16.5. The van der Waals surface area contributed by atoms with Crippen LogP contribution in [0.4, 0.5) is 10.1 Å². The second kappa shape index (κ2) is 8.23. The zero-order valence-electron chi connectivity index (χ0n) is 16.2. The minimum absolute atomic E-state index is 0.0204. The molecule has 2 aromatic rings. The number of esters is 1. The second-order valence-electron chi connectivity index (χ2n) is 7.78. The molecule has 1 heterocycles. The summed E-state index contributed by atoms with van der Waals surface area (Å²) < 4.78 is 24.4. The van der Waals surface area contributed by atoms with Gasteiger partial charge in [0.05, 0.1) is 6.61 Å². The molecule has 1 aliphatic carbocycles. The fourth-order valence-electron chi connectivity index (χ4n) is 3.57. The van der Waals surface area contributed by atoms with Crippen LogP contribution in [-0.2, 0) is 27.2 Å². The van der Waals surface area contributed by atoms with Gasteiger partial charge >= 0.3 is 5.97 Å². The summed E-state index contributed by atoms with van der Waals surface area (Å²) in [6.45, 7) is 0.396. The van der Waals surface area contributed by atoms with Crippen LogP contribution < -0.4 is 10.1 Å². The average molecular weight is 397 g/mol. The predicted molar refractivity (Wildman–Crippen MR) is 106 cm³/mol. The number of benzene rings is 2. The molecule has 6 heteroatoms. The number of rotatable bonds is 8. The highest BCUT2D eigenvalue weighted by atomic mass is 19.1. The third-order valence-electron chi connectivity index (χ3n) is 5.35. The van der Waals surface area contributed by atoms with Gasteiger partial charge in [0.2, 0.25) is 5.91 Å². The van der Waals surface area contributed by atoms with Crippen LogP contribution in [0.2, 0.25) is 0 Å². The van der Waals surface area contributed by atoms with Crippen molar-refractivity contribution >= 4 is 17.6 Å². The Morgan fingerprint density at radius 3 is 2.66 bits per heavy atom. The summed E-state index contributed by atoms with van der Waals surface area (Å²) in [5.74, 6) is 0.198. The lowest BCUT2D eigenvalue weighted by atomic mass is 10.0. The molecule has 4 rings (SSSR count). The molecule has 0 radical (unpaired) electrons. The van der Waals surface area contributed by atoms with Crippen molar-refractivity contribution < 1.29 is 23.5 Å². The molecule has 5 nitrogen and oxygen atoms in total. The molecule has 0 spiro atoms. The van der Waals surface area contributed by atoms with E-state index in [1.54, 1.807) is 12.1 Å². The van der Waals surface area contributed by atoms with Crippen LogP contribution in [0.5, 0.6) is 5.75 Å². The van der Waals surface area contributed by atoms with Crippen molar-refractivity contribution in [1.82, 2.24) is 0 Å². The van der Waals surface area contributed by atoms with E-state index in [9.17, 15) is 14.0 Å². The highest BCUT2D eigenvalue weighted by molar-refractivity contribution is 5.94. The summed E-state index contributed by atoms with van der Waals surface area (Å²) >= 11 is 0. The van der Waals surface area contributed by atoms with Gasteiger partial charge in [-0.2, -0.15) is 0 Å². The number of carbonyl (C=O) groups excluding carboxylic acids is 2. The standard InChI is InChI=1S/C23H24FNO4/c24-18-7-3-16(4-8-18)15-23(11-12-23)29-22(27)2-1-13-28-19-9-5-17-6-10-21(26)25-20(17)14-19/h3-5,7-9,14H,1-2,6,10-13,15H2,(H,25,26). The predicted octanol–water partition coefficient (Wildman–Crippen LogP) is 4.19. The fourth-order valence-corrected chi connectivity index (χ4v) is 3.57. The monoisotopic (exact) mass is 397 g/mol. The van der Waals surface area contributed by atoms with Crippen molar-refractivity contribution in [1.29, 1.82) is 0 Å². The van der Waals surface area contributed by atoms with E-state index in [2.05, 4.69) is 5.32 Å². The van der Waals surface area contributed by atoms with Gasteiger partial charge in [0.25, 0.3) is 0 Å². The number of anilines is 1. The van der Waals surface area contributed by atoms with Crippen molar-refractivity contribution in [2.45, 2.75) is 50.5 Å². The Labute approximate surface area is 169 Å². The molecule has 1 fully saturated rings. The number of aryl methyl sites for hydroxylation is 1.